The molecule has 1 amide bonds. The van der Waals surface area contributed by atoms with Crippen molar-refractivity contribution in [1.82, 2.24) is 14.8 Å². The molecule has 0 spiro atoms. The maximum Gasteiger partial charge on any atom is 0.267 e. The van der Waals surface area contributed by atoms with Gasteiger partial charge in [0.2, 0.25) is 0 Å². The number of nitrogens with zero attached hydrogens (tertiary/aromatic N) is 3. The summed E-state index contributed by atoms with van der Waals surface area (Å²) in [5.74, 6) is -0.159. The van der Waals surface area contributed by atoms with Crippen molar-refractivity contribution < 1.29 is 4.79 Å². The molecule has 0 aromatic carbocycles. The van der Waals surface area contributed by atoms with Crippen LogP contribution in [0.1, 0.15) is 16.2 Å². The Morgan fingerprint density at radius 1 is 1.44 bits per heavy atom. The van der Waals surface area contributed by atoms with E-state index in [2.05, 4.69) is 15.4 Å². The van der Waals surface area contributed by atoms with Crippen molar-refractivity contribution in [2.24, 2.45) is 12.8 Å². The molecule has 0 saturated heterocycles. The quantitative estimate of drug-likeness (QED) is 0.708. The minimum Gasteiger partial charge on any atom is -0.396 e. The maximum absolute atomic E-state index is 11.0. The van der Waals surface area contributed by atoms with Crippen molar-refractivity contribution in [2.75, 3.05) is 11.1 Å². The van der Waals surface area contributed by atoms with Crippen molar-refractivity contribution >= 4 is 17.4 Å². The van der Waals surface area contributed by atoms with E-state index in [4.69, 9.17) is 11.5 Å². The molecule has 0 unspecified atom stereocenters. The average Bonchev–Trinajstić information content (AvgIpc) is 2.74. The van der Waals surface area contributed by atoms with Gasteiger partial charge in [0.05, 0.1) is 17.9 Å². The number of pyridine rings is 1. The first-order valence-corrected chi connectivity index (χ1v) is 5.35. The molecule has 2 aromatic rings. The number of carbonyl (C=O) groups excluding carboxylic acids is 1. The van der Waals surface area contributed by atoms with Crippen LogP contribution in [0, 0.1) is 0 Å². The summed E-state index contributed by atoms with van der Waals surface area (Å²) in [6.45, 7) is 0.472. The van der Waals surface area contributed by atoms with Crippen molar-refractivity contribution in [3.63, 3.8) is 0 Å². The Morgan fingerprint density at radius 3 is 2.83 bits per heavy atom. The number of hydrogen-bond donors (Lipinski definition) is 3. The lowest BCUT2D eigenvalue weighted by atomic mass is 10.3. The summed E-state index contributed by atoms with van der Waals surface area (Å²) in [6.07, 6.45) is 1.84. The normalized spacial score (nSPS) is 10.3. The van der Waals surface area contributed by atoms with Crippen LogP contribution in [0.15, 0.2) is 24.4 Å². The topological polar surface area (TPSA) is 112 Å². The van der Waals surface area contributed by atoms with E-state index >= 15 is 0 Å². The fourth-order valence-corrected chi connectivity index (χ4v) is 1.48. The van der Waals surface area contributed by atoms with E-state index in [9.17, 15) is 4.79 Å². The number of amides is 1. The van der Waals surface area contributed by atoms with Crippen LogP contribution in [0.3, 0.4) is 0 Å². The van der Waals surface area contributed by atoms with Crippen LogP contribution in [0.2, 0.25) is 0 Å². The SMILES string of the molecule is Cn1ccc(CNc2nc(C(N)=O)ccc2N)n1. The Labute approximate surface area is 104 Å². The van der Waals surface area contributed by atoms with Crippen LogP contribution in [0.25, 0.3) is 0 Å². The number of nitrogens with one attached hydrogen (secondary N) is 1. The monoisotopic (exact) mass is 246 g/mol. The first-order chi connectivity index (χ1) is 8.56. The molecule has 94 valence electrons. The minimum atomic E-state index is -0.587. The summed E-state index contributed by atoms with van der Waals surface area (Å²) < 4.78 is 1.70. The fraction of sp³-hybridized carbons (Fsp3) is 0.182. The van der Waals surface area contributed by atoms with Gasteiger partial charge in [0.1, 0.15) is 11.5 Å². The third-order valence-electron chi connectivity index (χ3n) is 2.38. The van der Waals surface area contributed by atoms with Gasteiger partial charge in [0.25, 0.3) is 5.91 Å². The van der Waals surface area contributed by atoms with Gasteiger partial charge in [-0.2, -0.15) is 5.10 Å². The van der Waals surface area contributed by atoms with Gasteiger partial charge in [-0.25, -0.2) is 4.98 Å². The summed E-state index contributed by atoms with van der Waals surface area (Å²) in [5, 5.41) is 7.22. The van der Waals surface area contributed by atoms with E-state index in [0.29, 0.717) is 18.1 Å². The predicted molar refractivity (Wildman–Crippen MR) is 67.7 cm³/mol. The Balaban J connectivity index is 2.13. The molecule has 2 heterocycles. The second-order valence-electron chi connectivity index (χ2n) is 3.83. The van der Waals surface area contributed by atoms with Gasteiger partial charge in [-0.3, -0.25) is 9.48 Å². The van der Waals surface area contributed by atoms with E-state index in [1.165, 1.54) is 6.07 Å². The molecule has 0 fully saturated rings. The lowest BCUT2D eigenvalue weighted by Gasteiger charge is -2.07. The van der Waals surface area contributed by atoms with E-state index in [1.54, 1.807) is 10.7 Å². The van der Waals surface area contributed by atoms with Gasteiger partial charge in [0.15, 0.2) is 0 Å². The summed E-state index contributed by atoms with van der Waals surface area (Å²) in [4.78, 5) is 15.1. The zero-order valence-electron chi connectivity index (χ0n) is 9.92. The molecule has 2 aromatic heterocycles. The van der Waals surface area contributed by atoms with E-state index in [0.717, 1.165) is 5.69 Å². The molecule has 18 heavy (non-hydrogen) atoms. The molecule has 0 saturated carbocycles. The number of anilines is 2. The van der Waals surface area contributed by atoms with E-state index < -0.39 is 5.91 Å². The van der Waals surface area contributed by atoms with Crippen molar-refractivity contribution in [2.45, 2.75) is 6.54 Å². The van der Waals surface area contributed by atoms with Gasteiger partial charge >= 0.3 is 0 Å². The number of aromatic nitrogens is 3. The Kier molecular flexibility index (Phi) is 3.13. The number of aryl methyl sites for hydroxylation is 1. The summed E-state index contributed by atoms with van der Waals surface area (Å²) >= 11 is 0. The highest BCUT2D eigenvalue weighted by molar-refractivity contribution is 5.91. The van der Waals surface area contributed by atoms with Gasteiger partial charge in [-0.1, -0.05) is 0 Å². The number of nitrogen functional groups attached to an aromatic ring is 1. The largest absolute Gasteiger partial charge is 0.396 e. The molecule has 5 N–H and O–H groups in total. The number of hydrogen-bond acceptors (Lipinski definition) is 5. The zero-order valence-corrected chi connectivity index (χ0v) is 9.92. The second-order valence-corrected chi connectivity index (χ2v) is 3.83. The van der Waals surface area contributed by atoms with Crippen LogP contribution in [-0.2, 0) is 13.6 Å². The molecule has 0 aliphatic carbocycles. The molecule has 0 atom stereocenters. The molecule has 0 radical (unpaired) electrons. The lowest BCUT2D eigenvalue weighted by molar-refractivity contribution is 0.0996. The molecule has 7 nitrogen and oxygen atoms in total. The molecule has 2 rings (SSSR count). The molecule has 0 bridgehead atoms. The number of carbonyl (C=O) groups is 1. The first kappa shape index (κ1) is 11.9. The summed E-state index contributed by atoms with van der Waals surface area (Å²) in [7, 11) is 1.84. The lowest BCUT2D eigenvalue weighted by Crippen LogP contribution is -2.15. The number of primary amides is 1. The Hall–Kier alpha value is -2.57. The zero-order chi connectivity index (χ0) is 13.1. The highest BCUT2D eigenvalue weighted by Gasteiger charge is 2.07. The molecule has 0 aliphatic heterocycles. The fourth-order valence-electron chi connectivity index (χ4n) is 1.48. The van der Waals surface area contributed by atoms with E-state index in [1.807, 2.05) is 19.3 Å². The third-order valence-corrected chi connectivity index (χ3v) is 2.38. The molecule has 0 aliphatic rings. The Bertz CT molecular complexity index is 577. The molecule has 7 heteroatoms. The first-order valence-electron chi connectivity index (χ1n) is 5.35. The van der Waals surface area contributed by atoms with Crippen LogP contribution < -0.4 is 16.8 Å². The number of rotatable bonds is 4. The van der Waals surface area contributed by atoms with Crippen molar-refractivity contribution in [1.29, 1.82) is 0 Å². The summed E-state index contributed by atoms with van der Waals surface area (Å²) in [5.41, 5.74) is 12.4. The smallest absolute Gasteiger partial charge is 0.267 e. The standard InChI is InChI=1S/C11H14N6O/c1-17-5-4-7(16-17)6-14-11-8(12)2-3-9(15-11)10(13)18/h2-5H,6,12H2,1H3,(H2,13,18)(H,14,15). The van der Waals surface area contributed by atoms with Gasteiger partial charge in [-0.05, 0) is 18.2 Å². The minimum absolute atomic E-state index is 0.174. The van der Waals surface area contributed by atoms with Crippen LogP contribution in [-0.4, -0.2) is 20.7 Å². The van der Waals surface area contributed by atoms with Crippen molar-refractivity contribution in [3.05, 3.63) is 35.8 Å². The highest BCUT2D eigenvalue weighted by atomic mass is 16.1. The third kappa shape index (κ3) is 2.57. The maximum atomic E-state index is 11.0. The molecular formula is C11H14N6O. The Morgan fingerprint density at radius 2 is 2.22 bits per heavy atom. The van der Waals surface area contributed by atoms with Crippen LogP contribution in [0.4, 0.5) is 11.5 Å². The van der Waals surface area contributed by atoms with Gasteiger partial charge in [0, 0.05) is 13.2 Å². The highest BCUT2D eigenvalue weighted by Crippen LogP contribution is 2.16. The van der Waals surface area contributed by atoms with Crippen LogP contribution in [0.5, 0.6) is 0 Å². The average molecular weight is 246 g/mol. The number of nitrogens with two attached hydrogens (primary N) is 2. The second kappa shape index (κ2) is 4.74. The van der Waals surface area contributed by atoms with Crippen molar-refractivity contribution in [3.8, 4) is 0 Å². The molecular weight excluding hydrogens is 232 g/mol. The van der Waals surface area contributed by atoms with Gasteiger partial charge < -0.3 is 16.8 Å². The van der Waals surface area contributed by atoms with Gasteiger partial charge in [-0.15, -0.1) is 0 Å². The summed E-state index contributed by atoms with van der Waals surface area (Å²) in [6, 6.07) is 4.96. The predicted octanol–water partition coefficient (Wildman–Crippen LogP) is 0.108. The van der Waals surface area contributed by atoms with E-state index in [-0.39, 0.29) is 5.69 Å². The van der Waals surface area contributed by atoms with Crippen LogP contribution >= 0.6 is 0 Å².